The van der Waals surface area contributed by atoms with Crippen molar-refractivity contribution in [2.24, 2.45) is 5.73 Å². The molecule has 2 N–H and O–H groups in total. The van der Waals surface area contributed by atoms with Gasteiger partial charge in [-0.2, -0.15) is 0 Å². The molecule has 0 saturated carbocycles. The molecule has 2 heteroatoms. The maximum atomic E-state index is 5.41. The number of aryl methyl sites for hydroxylation is 1. The largest absolute Gasteiger partial charge is 0.330 e. The number of pyridine rings is 1. The van der Waals surface area contributed by atoms with Gasteiger partial charge in [-0.25, -0.2) is 0 Å². The second-order valence-corrected chi connectivity index (χ2v) is 2.72. The molecule has 0 aliphatic heterocycles. The lowest BCUT2D eigenvalue weighted by Gasteiger charge is -1.99. The summed E-state index contributed by atoms with van der Waals surface area (Å²) in [6.07, 6.45) is 7.51. The highest BCUT2D eigenvalue weighted by Gasteiger charge is 1.93. The fourth-order valence-corrected chi connectivity index (χ4v) is 1.06. The minimum atomic E-state index is 0.734. The first-order valence-corrected chi connectivity index (χ1v) is 4.13. The smallest absolute Gasteiger partial charge is 0.0340 e. The lowest BCUT2D eigenvalue weighted by molar-refractivity contribution is 0.828. The molecule has 0 aliphatic rings. The Morgan fingerprint density at radius 3 is 3.00 bits per heavy atom. The fraction of sp³-hybridized carbons (Fsp3) is 0.300. The minimum Gasteiger partial charge on any atom is -0.330 e. The normalized spacial score (nSPS) is 9.75. The molecule has 0 amide bonds. The second-order valence-electron chi connectivity index (χ2n) is 2.72. The Bertz CT molecular complexity index is 256. The van der Waals surface area contributed by atoms with Gasteiger partial charge in [-0.05, 0) is 36.6 Å². The molecule has 0 unspecified atom stereocenters. The molecule has 0 spiro atoms. The molecule has 1 rings (SSSR count). The Morgan fingerprint density at radius 2 is 2.33 bits per heavy atom. The number of rotatable bonds is 4. The first kappa shape index (κ1) is 8.94. The van der Waals surface area contributed by atoms with Crippen LogP contribution in [0.3, 0.4) is 0 Å². The van der Waals surface area contributed by atoms with Gasteiger partial charge in [0, 0.05) is 12.4 Å². The highest BCUT2D eigenvalue weighted by Crippen LogP contribution is 2.05. The second kappa shape index (κ2) is 4.67. The maximum Gasteiger partial charge on any atom is 0.0340 e. The molecule has 12 heavy (non-hydrogen) atoms. The van der Waals surface area contributed by atoms with Gasteiger partial charge in [-0.3, -0.25) is 4.98 Å². The zero-order valence-corrected chi connectivity index (χ0v) is 7.16. The summed E-state index contributed by atoms with van der Waals surface area (Å²) in [5.41, 5.74) is 7.71. The molecule has 2 nitrogen and oxygen atoms in total. The van der Waals surface area contributed by atoms with Crippen LogP contribution in [0.4, 0.5) is 0 Å². The first-order chi connectivity index (χ1) is 5.86. The van der Waals surface area contributed by atoms with Crippen LogP contribution in [0, 0.1) is 0 Å². The minimum absolute atomic E-state index is 0.734. The Balaban J connectivity index is 2.66. The molecule has 1 aromatic heterocycles. The van der Waals surface area contributed by atoms with Crippen LogP contribution in [0.2, 0.25) is 0 Å². The van der Waals surface area contributed by atoms with E-state index in [1.54, 1.807) is 12.3 Å². The summed E-state index contributed by atoms with van der Waals surface area (Å²) < 4.78 is 0. The predicted molar refractivity (Wildman–Crippen MR) is 51.7 cm³/mol. The zero-order valence-electron chi connectivity index (χ0n) is 7.16. The monoisotopic (exact) mass is 162 g/mol. The molecule has 0 radical (unpaired) electrons. The van der Waals surface area contributed by atoms with Gasteiger partial charge in [0.1, 0.15) is 0 Å². The summed E-state index contributed by atoms with van der Waals surface area (Å²) >= 11 is 0. The van der Waals surface area contributed by atoms with Crippen LogP contribution < -0.4 is 5.73 Å². The standard InChI is InChI=1S/C10H14N2/c1-2-9-6-10(4-3-5-11)8-12-7-9/h2,6-8H,1,3-5,11H2. The number of hydrogen-bond acceptors (Lipinski definition) is 2. The Labute approximate surface area is 73.1 Å². The number of nitrogens with two attached hydrogens (primary N) is 1. The first-order valence-electron chi connectivity index (χ1n) is 4.13. The van der Waals surface area contributed by atoms with Crippen LogP contribution in [0.25, 0.3) is 6.08 Å². The van der Waals surface area contributed by atoms with E-state index < -0.39 is 0 Å². The van der Waals surface area contributed by atoms with Gasteiger partial charge in [0.05, 0.1) is 0 Å². The lowest BCUT2D eigenvalue weighted by atomic mass is 10.1. The Hall–Kier alpha value is -1.15. The van der Waals surface area contributed by atoms with Crippen LogP contribution in [0.1, 0.15) is 17.5 Å². The van der Waals surface area contributed by atoms with E-state index >= 15 is 0 Å². The molecule has 1 heterocycles. The van der Waals surface area contributed by atoms with Gasteiger partial charge in [0.2, 0.25) is 0 Å². The van der Waals surface area contributed by atoms with Gasteiger partial charge >= 0.3 is 0 Å². The molecule has 1 aromatic rings. The molecule has 0 fully saturated rings. The van der Waals surface area contributed by atoms with Crippen molar-refractivity contribution in [2.75, 3.05) is 6.54 Å². The van der Waals surface area contributed by atoms with Gasteiger partial charge in [-0.15, -0.1) is 0 Å². The van der Waals surface area contributed by atoms with Gasteiger partial charge in [0.25, 0.3) is 0 Å². The third-order valence-electron chi connectivity index (χ3n) is 1.72. The van der Waals surface area contributed by atoms with Crippen LogP contribution >= 0.6 is 0 Å². The number of nitrogens with zero attached hydrogens (tertiary/aromatic N) is 1. The highest BCUT2D eigenvalue weighted by molar-refractivity contribution is 5.46. The predicted octanol–water partition coefficient (Wildman–Crippen LogP) is 1.62. The SMILES string of the molecule is C=Cc1cncc(CCCN)c1. The van der Waals surface area contributed by atoms with Crippen molar-refractivity contribution in [2.45, 2.75) is 12.8 Å². The van der Waals surface area contributed by atoms with E-state index in [2.05, 4.69) is 17.6 Å². The van der Waals surface area contributed by atoms with E-state index in [4.69, 9.17) is 5.73 Å². The lowest BCUT2D eigenvalue weighted by Crippen LogP contribution is -2.00. The average molecular weight is 162 g/mol. The fourth-order valence-electron chi connectivity index (χ4n) is 1.06. The van der Waals surface area contributed by atoms with Crippen molar-refractivity contribution in [3.8, 4) is 0 Å². The molecule has 0 bridgehead atoms. The van der Waals surface area contributed by atoms with Crippen LogP contribution in [0.5, 0.6) is 0 Å². The van der Waals surface area contributed by atoms with Crippen molar-refractivity contribution in [1.82, 2.24) is 4.98 Å². The third kappa shape index (κ3) is 2.47. The van der Waals surface area contributed by atoms with E-state index in [9.17, 15) is 0 Å². The molecular weight excluding hydrogens is 148 g/mol. The van der Waals surface area contributed by atoms with Gasteiger partial charge in [-0.1, -0.05) is 12.7 Å². The maximum absolute atomic E-state index is 5.41. The van der Waals surface area contributed by atoms with E-state index in [1.165, 1.54) is 5.56 Å². The molecule has 0 aromatic carbocycles. The van der Waals surface area contributed by atoms with Crippen molar-refractivity contribution in [3.63, 3.8) is 0 Å². The topological polar surface area (TPSA) is 38.9 Å². The summed E-state index contributed by atoms with van der Waals surface area (Å²) in [6.45, 7) is 4.42. The zero-order chi connectivity index (χ0) is 8.81. The van der Waals surface area contributed by atoms with Crippen LogP contribution in [-0.4, -0.2) is 11.5 Å². The molecule has 0 saturated heterocycles. The quantitative estimate of drug-likeness (QED) is 0.730. The van der Waals surface area contributed by atoms with Gasteiger partial charge < -0.3 is 5.73 Å². The Kier molecular flexibility index (Phi) is 3.48. The summed E-state index contributed by atoms with van der Waals surface area (Å²) in [5, 5.41) is 0. The molecule has 0 atom stereocenters. The molecular formula is C10H14N2. The summed E-state index contributed by atoms with van der Waals surface area (Å²) in [4.78, 5) is 4.10. The Morgan fingerprint density at radius 1 is 1.50 bits per heavy atom. The summed E-state index contributed by atoms with van der Waals surface area (Å²) in [7, 11) is 0. The van der Waals surface area contributed by atoms with Crippen molar-refractivity contribution in [1.29, 1.82) is 0 Å². The number of aromatic nitrogens is 1. The van der Waals surface area contributed by atoms with E-state index in [0.29, 0.717) is 0 Å². The molecule has 0 aliphatic carbocycles. The van der Waals surface area contributed by atoms with Gasteiger partial charge in [0.15, 0.2) is 0 Å². The van der Waals surface area contributed by atoms with Crippen molar-refractivity contribution >= 4 is 6.08 Å². The molecule has 64 valence electrons. The van der Waals surface area contributed by atoms with Crippen molar-refractivity contribution in [3.05, 3.63) is 36.2 Å². The van der Waals surface area contributed by atoms with Crippen LogP contribution in [0.15, 0.2) is 25.0 Å². The van der Waals surface area contributed by atoms with E-state index in [0.717, 1.165) is 24.9 Å². The summed E-state index contributed by atoms with van der Waals surface area (Å²) in [6, 6.07) is 2.09. The number of hydrogen-bond donors (Lipinski definition) is 1. The average Bonchev–Trinajstić information content (AvgIpc) is 2.15. The van der Waals surface area contributed by atoms with Crippen LogP contribution in [-0.2, 0) is 6.42 Å². The summed E-state index contributed by atoms with van der Waals surface area (Å²) in [5.74, 6) is 0. The highest BCUT2D eigenvalue weighted by atomic mass is 14.6. The third-order valence-corrected chi connectivity index (χ3v) is 1.72. The van der Waals surface area contributed by atoms with E-state index in [-0.39, 0.29) is 0 Å². The van der Waals surface area contributed by atoms with Crippen molar-refractivity contribution < 1.29 is 0 Å². The van der Waals surface area contributed by atoms with E-state index in [1.807, 2.05) is 6.20 Å².